The Labute approximate surface area is 69.8 Å². The van der Waals surface area contributed by atoms with E-state index in [0.717, 1.165) is 0 Å². The van der Waals surface area contributed by atoms with Gasteiger partial charge in [0.1, 0.15) is 6.67 Å². The minimum atomic E-state index is -1.10. The summed E-state index contributed by atoms with van der Waals surface area (Å²) >= 11 is 0. The first-order valence-corrected chi connectivity index (χ1v) is 3.71. The average molecular weight is 173 g/mol. The molecule has 3 N–H and O–H groups in total. The van der Waals surface area contributed by atoms with Crippen LogP contribution < -0.4 is 5.73 Å². The second-order valence-electron chi connectivity index (χ2n) is 2.61. The quantitative estimate of drug-likeness (QED) is 0.647. The van der Waals surface area contributed by atoms with E-state index in [1.54, 1.807) is 23.1 Å². The summed E-state index contributed by atoms with van der Waals surface area (Å²) in [4.78, 5) is 0. The molecular weight excluding hydrogens is 161 g/mol. The van der Waals surface area contributed by atoms with Crippen molar-refractivity contribution in [2.75, 3.05) is 6.67 Å². The van der Waals surface area contributed by atoms with Gasteiger partial charge in [0.2, 0.25) is 0 Å². The Morgan fingerprint density at radius 3 is 2.92 bits per heavy atom. The topological polar surface area (TPSA) is 64.1 Å². The van der Waals surface area contributed by atoms with Crippen LogP contribution in [-0.2, 0) is 6.54 Å². The molecular formula is C7H12FN3O. The van der Waals surface area contributed by atoms with Crippen molar-refractivity contribution in [3.05, 3.63) is 18.5 Å². The van der Waals surface area contributed by atoms with Gasteiger partial charge in [-0.1, -0.05) is 0 Å². The van der Waals surface area contributed by atoms with Gasteiger partial charge >= 0.3 is 0 Å². The average Bonchev–Trinajstić information content (AvgIpc) is 2.55. The molecule has 0 saturated carbocycles. The molecule has 0 radical (unpaired) electrons. The van der Waals surface area contributed by atoms with Crippen molar-refractivity contribution < 1.29 is 9.50 Å². The molecule has 0 bridgehead atoms. The lowest BCUT2D eigenvalue weighted by Crippen LogP contribution is -2.39. The number of halogens is 1. The van der Waals surface area contributed by atoms with Crippen molar-refractivity contribution in [3.63, 3.8) is 0 Å². The number of hydrogen-bond donors (Lipinski definition) is 2. The largest absolute Gasteiger partial charge is 0.389 e. The van der Waals surface area contributed by atoms with Gasteiger partial charge in [0.05, 0.1) is 18.7 Å². The summed E-state index contributed by atoms with van der Waals surface area (Å²) in [5.74, 6) is 0. The number of nitrogens with two attached hydrogens (primary N) is 1. The van der Waals surface area contributed by atoms with E-state index in [9.17, 15) is 4.39 Å². The standard InChI is InChI=1S/C7H12FN3O/c8-4-7(12)6(9)5-11-3-1-2-10-11/h1-3,6-7,12H,4-5,9H2/t6-,7+/m1/s1. The monoisotopic (exact) mass is 173 g/mol. The van der Waals surface area contributed by atoms with Gasteiger partial charge < -0.3 is 10.8 Å². The number of alkyl halides is 1. The molecule has 12 heavy (non-hydrogen) atoms. The van der Waals surface area contributed by atoms with Crippen LogP contribution in [0.1, 0.15) is 0 Å². The van der Waals surface area contributed by atoms with Crippen LogP contribution in [-0.4, -0.2) is 33.7 Å². The van der Waals surface area contributed by atoms with Crippen LogP contribution in [0.25, 0.3) is 0 Å². The molecule has 0 aliphatic heterocycles. The first kappa shape index (κ1) is 9.15. The van der Waals surface area contributed by atoms with Crippen LogP contribution in [0.3, 0.4) is 0 Å². The van der Waals surface area contributed by atoms with Gasteiger partial charge in [0, 0.05) is 12.4 Å². The third kappa shape index (κ3) is 2.28. The van der Waals surface area contributed by atoms with Crippen LogP contribution >= 0.6 is 0 Å². The van der Waals surface area contributed by atoms with Crippen LogP contribution in [0.15, 0.2) is 18.5 Å². The van der Waals surface area contributed by atoms with Crippen LogP contribution in [0.5, 0.6) is 0 Å². The van der Waals surface area contributed by atoms with Crippen molar-refractivity contribution in [1.29, 1.82) is 0 Å². The number of hydrogen-bond acceptors (Lipinski definition) is 3. The zero-order valence-corrected chi connectivity index (χ0v) is 6.60. The van der Waals surface area contributed by atoms with Crippen molar-refractivity contribution in [3.8, 4) is 0 Å². The van der Waals surface area contributed by atoms with Gasteiger partial charge in [-0.25, -0.2) is 4.39 Å². The molecule has 1 aromatic heterocycles. The van der Waals surface area contributed by atoms with Crippen molar-refractivity contribution in [2.24, 2.45) is 5.73 Å². The van der Waals surface area contributed by atoms with Crippen molar-refractivity contribution in [2.45, 2.75) is 18.7 Å². The summed E-state index contributed by atoms with van der Waals surface area (Å²) in [5.41, 5.74) is 5.47. The maximum absolute atomic E-state index is 11.9. The van der Waals surface area contributed by atoms with Gasteiger partial charge in [-0.05, 0) is 6.07 Å². The molecule has 0 spiro atoms. The Balaban J connectivity index is 2.41. The molecule has 1 heterocycles. The lowest BCUT2D eigenvalue weighted by Gasteiger charge is -2.15. The Morgan fingerprint density at radius 2 is 2.42 bits per heavy atom. The molecule has 1 aromatic rings. The third-order valence-electron chi connectivity index (χ3n) is 1.61. The van der Waals surface area contributed by atoms with Gasteiger partial charge in [-0.2, -0.15) is 5.10 Å². The molecule has 0 aliphatic rings. The van der Waals surface area contributed by atoms with Crippen molar-refractivity contribution in [1.82, 2.24) is 9.78 Å². The second-order valence-corrected chi connectivity index (χ2v) is 2.61. The minimum absolute atomic E-state index is 0.331. The van der Waals surface area contributed by atoms with E-state index in [2.05, 4.69) is 5.10 Å². The number of nitrogens with zero attached hydrogens (tertiary/aromatic N) is 2. The zero-order valence-electron chi connectivity index (χ0n) is 6.60. The molecule has 0 aromatic carbocycles. The van der Waals surface area contributed by atoms with E-state index in [1.165, 1.54) is 0 Å². The third-order valence-corrected chi connectivity index (χ3v) is 1.61. The van der Waals surface area contributed by atoms with E-state index >= 15 is 0 Å². The molecule has 0 amide bonds. The zero-order chi connectivity index (χ0) is 8.97. The Kier molecular flexibility index (Phi) is 3.19. The highest BCUT2D eigenvalue weighted by Crippen LogP contribution is 1.95. The minimum Gasteiger partial charge on any atom is -0.389 e. The molecule has 0 fully saturated rings. The lowest BCUT2D eigenvalue weighted by molar-refractivity contribution is 0.105. The van der Waals surface area contributed by atoms with Crippen LogP contribution in [0, 0.1) is 0 Å². The van der Waals surface area contributed by atoms with Crippen molar-refractivity contribution >= 4 is 0 Å². The molecule has 0 unspecified atom stereocenters. The Morgan fingerprint density at radius 1 is 1.67 bits per heavy atom. The first-order valence-electron chi connectivity index (χ1n) is 3.71. The van der Waals surface area contributed by atoms with Gasteiger partial charge in [-0.15, -0.1) is 0 Å². The summed E-state index contributed by atoms with van der Waals surface area (Å²) < 4.78 is 13.5. The fraction of sp³-hybridized carbons (Fsp3) is 0.571. The molecule has 68 valence electrons. The first-order chi connectivity index (χ1) is 5.74. The molecule has 5 heteroatoms. The molecule has 0 aliphatic carbocycles. The van der Waals surface area contributed by atoms with Gasteiger partial charge in [-0.3, -0.25) is 4.68 Å². The van der Waals surface area contributed by atoms with Crippen LogP contribution in [0.4, 0.5) is 4.39 Å². The fourth-order valence-corrected chi connectivity index (χ4v) is 0.861. The summed E-state index contributed by atoms with van der Waals surface area (Å²) in [6.45, 7) is -0.486. The predicted molar refractivity (Wildman–Crippen MR) is 42.2 cm³/mol. The highest BCUT2D eigenvalue weighted by molar-refractivity contribution is 4.80. The predicted octanol–water partition coefficient (Wildman–Crippen LogP) is -0.459. The van der Waals surface area contributed by atoms with Gasteiger partial charge in [0.25, 0.3) is 0 Å². The molecule has 1 rings (SSSR count). The molecule has 0 saturated heterocycles. The molecule has 2 atom stereocenters. The van der Waals surface area contributed by atoms with E-state index in [-0.39, 0.29) is 0 Å². The van der Waals surface area contributed by atoms with Gasteiger partial charge in [0.15, 0.2) is 0 Å². The lowest BCUT2D eigenvalue weighted by atomic mass is 10.2. The van der Waals surface area contributed by atoms with E-state index in [0.29, 0.717) is 6.54 Å². The number of rotatable bonds is 4. The summed E-state index contributed by atoms with van der Waals surface area (Å²) in [6, 6.07) is 1.14. The van der Waals surface area contributed by atoms with E-state index in [1.807, 2.05) is 0 Å². The van der Waals surface area contributed by atoms with E-state index in [4.69, 9.17) is 10.8 Å². The second kappa shape index (κ2) is 4.18. The fourth-order valence-electron chi connectivity index (χ4n) is 0.861. The van der Waals surface area contributed by atoms with Crippen LogP contribution in [0.2, 0.25) is 0 Å². The Hall–Kier alpha value is -0.940. The maximum Gasteiger partial charge on any atom is 0.117 e. The maximum atomic E-state index is 11.9. The smallest absolute Gasteiger partial charge is 0.117 e. The number of aliphatic hydroxyl groups is 1. The number of aliphatic hydroxyl groups excluding tert-OH is 1. The highest BCUT2D eigenvalue weighted by Gasteiger charge is 2.14. The highest BCUT2D eigenvalue weighted by atomic mass is 19.1. The summed E-state index contributed by atoms with van der Waals surface area (Å²) in [7, 11) is 0. The molecule has 4 nitrogen and oxygen atoms in total. The summed E-state index contributed by atoms with van der Waals surface area (Å²) in [6.07, 6.45) is 2.22. The SMILES string of the molecule is N[C@H](Cn1cccn1)[C@@H](O)CF. The normalized spacial score (nSPS) is 15.9. The summed E-state index contributed by atoms with van der Waals surface area (Å²) in [5, 5.41) is 12.9. The number of aromatic nitrogens is 2. The Bertz CT molecular complexity index is 214. The van der Waals surface area contributed by atoms with E-state index < -0.39 is 18.8 Å².